The second-order valence-corrected chi connectivity index (χ2v) is 12.4. The number of aromatic nitrogens is 4. The summed E-state index contributed by atoms with van der Waals surface area (Å²) in [6, 6.07) is 7.95. The number of hydrogen-bond acceptors (Lipinski definition) is 11. The van der Waals surface area contributed by atoms with Crippen LogP contribution in [-0.2, 0) is 33.8 Å². The maximum atomic E-state index is 11.7. The van der Waals surface area contributed by atoms with Crippen LogP contribution in [0.5, 0.6) is 0 Å². The van der Waals surface area contributed by atoms with Crippen LogP contribution in [-0.4, -0.2) is 145 Å². The van der Waals surface area contributed by atoms with Crippen molar-refractivity contribution in [2.75, 3.05) is 72.0 Å². The molecule has 1 aromatic carbocycles. The molecule has 1 aliphatic heterocycles. The monoisotopic (exact) mass is 803 g/mol. The molecule has 0 bridgehead atoms. The van der Waals surface area contributed by atoms with Gasteiger partial charge in [-0.05, 0) is 49.9 Å². The molecule has 6 rings (SSSR count). The van der Waals surface area contributed by atoms with Crippen molar-refractivity contribution in [2.45, 2.75) is 32.2 Å². The van der Waals surface area contributed by atoms with Crippen molar-refractivity contribution in [2.24, 2.45) is 0 Å². The Labute approximate surface area is 308 Å². The van der Waals surface area contributed by atoms with E-state index in [-0.39, 0.29) is 58.2 Å². The first-order chi connectivity index (χ1) is 22.7. The summed E-state index contributed by atoms with van der Waals surface area (Å²) in [5.41, 5.74) is 6.13. The number of rotatable bonds is 8. The Morgan fingerprint density at radius 1 is 0.583 bits per heavy atom. The van der Waals surface area contributed by atoms with Gasteiger partial charge in [-0.3, -0.25) is 39.0 Å². The first kappa shape index (κ1) is 36.2. The summed E-state index contributed by atoms with van der Waals surface area (Å²) in [6.45, 7) is 3.30. The zero-order valence-corrected chi connectivity index (χ0v) is 28.8. The van der Waals surface area contributed by atoms with Crippen molar-refractivity contribution in [3.05, 3.63) is 47.5 Å². The second-order valence-electron chi connectivity index (χ2n) is 12.4. The Bertz CT molecular complexity index is 1780. The third kappa shape index (κ3) is 8.92. The van der Waals surface area contributed by atoms with E-state index >= 15 is 0 Å². The Balaban J connectivity index is 0.00000451. The molecule has 14 nitrogen and oxygen atoms in total. The van der Waals surface area contributed by atoms with Gasteiger partial charge < -0.3 is 15.3 Å². The Hall–Kier alpha value is -3.08. The van der Waals surface area contributed by atoms with Gasteiger partial charge in [0.25, 0.3) is 0 Å². The topological polar surface area (TPSA) is 176 Å². The molecule has 0 spiro atoms. The third-order valence-electron chi connectivity index (χ3n) is 9.02. The molecule has 257 valence electrons. The molecule has 1 saturated heterocycles. The van der Waals surface area contributed by atoms with E-state index in [1.165, 1.54) is 0 Å². The third-order valence-corrected chi connectivity index (χ3v) is 9.02. The van der Waals surface area contributed by atoms with Gasteiger partial charge in [0.05, 0.1) is 58.8 Å². The first-order valence-electron chi connectivity index (χ1n) is 16.1. The van der Waals surface area contributed by atoms with Crippen LogP contribution < -0.4 is 0 Å². The number of carbonyl (C=O) groups is 3. The average Bonchev–Trinajstić information content (AvgIpc) is 3.04. The van der Waals surface area contributed by atoms with Crippen LogP contribution in [0.3, 0.4) is 0 Å². The number of carboxylic acid groups (broad SMARTS) is 3. The molecule has 15 heteroatoms. The van der Waals surface area contributed by atoms with E-state index in [0.29, 0.717) is 58.9 Å². The van der Waals surface area contributed by atoms with E-state index in [1.54, 1.807) is 11.1 Å². The molecule has 4 aromatic rings. The normalized spacial score (nSPS) is 17.8. The van der Waals surface area contributed by atoms with Crippen molar-refractivity contribution < 1.29 is 68.3 Å². The van der Waals surface area contributed by atoms with Crippen LogP contribution in [0.1, 0.15) is 29.9 Å². The quantitative estimate of drug-likeness (QED) is 0.219. The van der Waals surface area contributed by atoms with E-state index in [2.05, 4.69) is 4.90 Å². The van der Waals surface area contributed by atoms with E-state index in [0.717, 1.165) is 75.6 Å². The van der Waals surface area contributed by atoms with Gasteiger partial charge in [0, 0.05) is 114 Å². The zero-order chi connectivity index (χ0) is 32.9. The number of carboxylic acids is 3. The summed E-state index contributed by atoms with van der Waals surface area (Å²) >= 11 is 0. The average molecular weight is 804 g/mol. The fourth-order valence-electron chi connectivity index (χ4n) is 6.62. The molecule has 0 amide bonds. The summed E-state index contributed by atoms with van der Waals surface area (Å²) < 4.78 is 0. The summed E-state index contributed by atoms with van der Waals surface area (Å²) in [7, 11) is 0. The van der Waals surface area contributed by atoms with Crippen molar-refractivity contribution in [1.29, 1.82) is 0 Å². The van der Waals surface area contributed by atoms with Crippen LogP contribution >= 0.6 is 0 Å². The molecule has 0 saturated carbocycles. The maximum absolute atomic E-state index is 11.7. The smallest absolute Gasteiger partial charge is 0.317 e. The van der Waals surface area contributed by atoms with Gasteiger partial charge in [0.15, 0.2) is 0 Å². The fourth-order valence-corrected chi connectivity index (χ4v) is 6.62. The number of fused-ring (bicyclic) bond motifs is 7. The molecular formula is C33H40N8O6Tb. The van der Waals surface area contributed by atoms with Gasteiger partial charge in [-0.2, -0.15) is 0 Å². The zero-order valence-electron chi connectivity index (χ0n) is 26.7. The van der Waals surface area contributed by atoms with Crippen LogP contribution in [0.4, 0.5) is 0 Å². The van der Waals surface area contributed by atoms with Gasteiger partial charge in [-0.15, -0.1) is 0 Å². The summed E-state index contributed by atoms with van der Waals surface area (Å²) in [4.78, 5) is 62.4. The largest absolute Gasteiger partial charge is 0.480 e. The summed E-state index contributed by atoms with van der Waals surface area (Å²) in [5.74, 6) is -2.88. The van der Waals surface area contributed by atoms with Crippen LogP contribution in [0.15, 0.2) is 30.5 Å². The molecule has 1 radical (unpaired) electrons. The van der Waals surface area contributed by atoms with Crippen molar-refractivity contribution >= 4 is 50.7 Å². The predicted molar refractivity (Wildman–Crippen MR) is 174 cm³/mol. The van der Waals surface area contributed by atoms with E-state index in [1.807, 2.05) is 34.1 Å². The standard InChI is InChI=1S/C33H40N8O6.Tb/c42-27(43)19-39-12-10-38(11-13-40(20-28(44)45)15-17-41(16-14-39)21-29(46)47)18-22-7-8-24-31(35-22)30-23(4-3-9-34-30)32-33(24)37-26-6-2-1-5-25(26)36-32;/h3-4,7-9H,1-2,5-6,10-21H2,(H,42,43)(H,44,45)(H,46,47);. The minimum absolute atomic E-state index is 0. The summed E-state index contributed by atoms with van der Waals surface area (Å²) in [6.07, 6.45) is 5.83. The summed E-state index contributed by atoms with van der Waals surface area (Å²) in [5, 5.41) is 30.3. The number of benzene rings is 1. The Morgan fingerprint density at radius 3 is 1.50 bits per heavy atom. The Morgan fingerprint density at radius 2 is 1.02 bits per heavy atom. The fraction of sp³-hybridized carbons (Fsp3) is 0.485. The van der Waals surface area contributed by atoms with Crippen molar-refractivity contribution in [1.82, 2.24) is 39.5 Å². The minimum Gasteiger partial charge on any atom is -0.480 e. The number of pyridine rings is 2. The molecule has 1 aliphatic carbocycles. The predicted octanol–water partition coefficient (Wildman–Crippen LogP) is 1.58. The molecule has 3 aromatic heterocycles. The molecule has 4 heterocycles. The Kier molecular flexibility index (Phi) is 12.5. The number of aliphatic carboxylic acids is 3. The van der Waals surface area contributed by atoms with Crippen LogP contribution in [0.25, 0.3) is 32.8 Å². The van der Waals surface area contributed by atoms with E-state index in [9.17, 15) is 29.7 Å². The second kappa shape index (κ2) is 16.5. The van der Waals surface area contributed by atoms with Gasteiger partial charge in [-0.25, -0.2) is 15.0 Å². The minimum atomic E-state index is -0.983. The van der Waals surface area contributed by atoms with Crippen LogP contribution in [0, 0.1) is 38.6 Å². The number of nitrogens with zero attached hydrogens (tertiary/aromatic N) is 8. The molecular weight excluding hydrogens is 763 g/mol. The van der Waals surface area contributed by atoms with Crippen molar-refractivity contribution in [3.8, 4) is 0 Å². The SMILES string of the molecule is O=C(O)CN1CCN(CC(=O)O)CCN(Cc2ccc3c(n2)c2ncccc2c2nc4c(nc32)CCCC4)CCN(CC(=O)O)CC1.[Tb]. The van der Waals surface area contributed by atoms with Crippen LogP contribution in [0.2, 0.25) is 0 Å². The van der Waals surface area contributed by atoms with E-state index in [4.69, 9.17) is 19.9 Å². The molecule has 0 unspecified atom stereocenters. The number of hydrogen-bond donors (Lipinski definition) is 3. The maximum Gasteiger partial charge on any atom is 0.317 e. The van der Waals surface area contributed by atoms with Gasteiger partial charge in [-0.1, -0.05) is 0 Å². The van der Waals surface area contributed by atoms with Gasteiger partial charge in [0.1, 0.15) is 0 Å². The molecule has 2 aliphatic rings. The van der Waals surface area contributed by atoms with Gasteiger partial charge >= 0.3 is 17.9 Å². The molecule has 3 N–H and O–H groups in total. The first-order valence-corrected chi connectivity index (χ1v) is 16.1. The van der Waals surface area contributed by atoms with E-state index < -0.39 is 17.9 Å². The van der Waals surface area contributed by atoms with Gasteiger partial charge in [0.2, 0.25) is 0 Å². The molecule has 1 fully saturated rings. The number of aryl methyl sites for hydroxylation is 2. The molecule has 0 atom stereocenters. The van der Waals surface area contributed by atoms with Crippen molar-refractivity contribution in [3.63, 3.8) is 0 Å². The molecule has 48 heavy (non-hydrogen) atoms.